The molecule has 0 bridgehead atoms. The Morgan fingerprint density at radius 3 is 2.21 bits per heavy atom. The van der Waals surface area contributed by atoms with Crippen molar-refractivity contribution in [1.29, 1.82) is 0 Å². The average molecular weight is 201 g/mol. The quantitative estimate of drug-likeness (QED) is 0.645. The molecule has 0 fully saturated rings. The Hall–Kier alpha value is -0.990. The van der Waals surface area contributed by atoms with Gasteiger partial charge < -0.3 is 0 Å². The first kappa shape index (κ1) is 11.1. The standard InChI is InChI=1S/C11H12F3/c1-7(2)9-6-4-5-8(3)10(9)11(12,13)14/h4-7H,1H2,2-3H3. The average Bonchev–Trinajstić information content (AvgIpc) is 2.01. The normalized spacial score (nSPS) is 12.2. The molecule has 77 valence electrons. The van der Waals surface area contributed by atoms with Crippen LogP contribution in [-0.2, 0) is 6.18 Å². The van der Waals surface area contributed by atoms with Gasteiger partial charge in [-0.05, 0) is 30.9 Å². The molecule has 0 amide bonds. The van der Waals surface area contributed by atoms with Crippen molar-refractivity contribution in [3.05, 3.63) is 41.8 Å². The van der Waals surface area contributed by atoms with Crippen LogP contribution in [0.5, 0.6) is 0 Å². The highest BCUT2D eigenvalue weighted by Crippen LogP contribution is 2.37. The van der Waals surface area contributed by atoms with Crippen molar-refractivity contribution in [3.63, 3.8) is 0 Å². The van der Waals surface area contributed by atoms with Gasteiger partial charge in [0, 0.05) is 0 Å². The molecule has 1 radical (unpaired) electrons. The fraction of sp³-hybridized carbons (Fsp3) is 0.364. The van der Waals surface area contributed by atoms with Gasteiger partial charge in [-0.3, -0.25) is 0 Å². The lowest BCUT2D eigenvalue weighted by Gasteiger charge is -2.17. The van der Waals surface area contributed by atoms with Gasteiger partial charge in [-0.15, -0.1) is 0 Å². The maximum absolute atomic E-state index is 12.6. The Labute approximate surface area is 81.8 Å². The molecule has 1 aromatic rings. The van der Waals surface area contributed by atoms with Crippen LogP contribution in [0.15, 0.2) is 18.2 Å². The van der Waals surface area contributed by atoms with Gasteiger partial charge in [-0.1, -0.05) is 25.1 Å². The first-order valence-corrected chi connectivity index (χ1v) is 4.34. The minimum Gasteiger partial charge on any atom is -0.166 e. The number of hydrogen-bond donors (Lipinski definition) is 0. The number of benzene rings is 1. The highest BCUT2D eigenvalue weighted by Gasteiger charge is 2.35. The Bertz CT molecular complexity index is 324. The highest BCUT2D eigenvalue weighted by molar-refractivity contribution is 5.39. The third-order valence-corrected chi connectivity index (χ3v) is 2.12. The Morgan fingerprint density at radius 2 is 1.86 bits per heavy atom. The predicted molar refractivity (Wildman–Crippen MR) is 50.0 cm³/mol. The van der Waals surface area contributed by atoms with E-state index < -0.39 is 11.7 Å². The van der Waals surface area contributed by atoms with Crippen molar-refractivity contribution in [2.45, 2.75) is 25.9 Å². The van der Waals surface area contributed by atoms with E-state index >= 15 is 0 Å². The van der Waals surface area contributed by atoms with Crippen LogP contribution in [0.4, 0.5) is 13.2 Å². The number of halogens is 3. The molecule has 1 rings (SSSR count). The van der Waals surface area contributed by atoms with Gasteiger partial charge >= 0.3 is 6.18 Å². The van der Waals surface area contributed by atoms with Crippen LogP contribution in [0.1, 0.15) is 29.5 Å². The number of aryl methyl sites for hydroxylation is 1. The Morgan fingerprint density at radius 1 is 1.29 bits per heavy atom. The molecule has 0 saturated heterocycles. The van der Waals surface area contributed by atoms with Gasteiger partial charge in [-0.2, -0.15) is 13.2 Å². The van der Waals surface area contributed by atoms with Crippen LogP contribution >= 0.6 is 0 Å². The summed E-state index contributed by atoms with van der Waals surface area (Å²) in [7, 11) is 0. The zero-order valence-corrected chi connectivity index (χ0v) is 8.15. The molecule has 0 saturated carbocycles. The lowest BCUT2D eigenvalue weighted by Crippen LogP contribution is -2.12. The molecule has 0 aliphatic carbocycles. The van der Waals surface area contributed by atoms with E-state index in [4.69, 9.17) is 0 Å². The zero-order chi connectivity index (χ0) is 10.9. The summed E-state index contributed by atoms with van der Waals surface area (Å²) in [6.07, 6.45) is -4.29. The summed E-state index contributed by atoms with van der Waals surface area (Å²) in [5.74, 6) is -0.355. The third kappa shape index (κ3) is 2.08. The summed E-state index contributed by atoms with van der Waals surface area (Å²) < 4.78 is 37.9. The van der Waals surface area contributed by atoms with Crippen LogP contribution in [0.3, 0.4) is 0 Å². The maximum Gasteiger partial charge on any atom is 0.416 e. The molecule has 0 spiro atoms. The van der Waals surface area contributed by atoms with Crippen molar-refractivity contribution >= 4 is 0 Å². The second-order valence-corrected chi connectivity index (χ2v) is 3.44. The minimum absolute atomic E-state index is 0.255. The van der Waals surface area contributed by atoms with Gasteiger partial charge in [0.1, 0.15) is 0 Å². The lowest BCUT2D eigenvalue weighted by molar-refractivity contribution is -0.138. The molecule has 1 aromatic carbocycles. The molecule has 1 unspecified atom stereocenters. The molecule has 0 nitrogen and oxygen atoms in total. The molecular formula is C11H12F3. The summed E-state index contributed by atoms with van der Waals surface area (Å²) in [4.78, 5) is 0. The van der Waals surface area contributed by atoms with E-state index in [0.717, 1.165) is 0 Å². The maximum atomic E-state index is 12.6. The number of hydrogen-bond acceptors (Lipinski definition) is 0. The van der Waals surface area contributed by atoms with Gasteiger partial charge in [-0.25, -0.2) is 0 Å². The van der Waals surface area contributed by atoms with E-state index in [1.54, 1.807) is 13.0 Å². The highest BCUT2D eigenvalue weighted by atomic mass is 19.4. The summed E-state index contributed by atoms with van der Waals surface area (Å²) in [5, 5.41) is 0. The molecule has 0 aliphatic rings. The summed E-state index contributed by atoms with van der Waals surface area (Å²) in [5.41, 5.74) is -0.0227. The van der Waals surface area contributed by atoms with Crippen molar-refractivity contribution in [3.8, 4) is 0 Å². The molecule has 0 N–H and O–H groups in total. The Balaban J connectivity index is 3.38. The van der Waals surface area contributed by atoms with Crippen molar-refractivity contribution in [1.82, 2.24) is 0 Å². The van der Waals surface area contributed by atoms with Crippen LogP contribution in [0.2, 0.25) is 0 Å². The Kier molecular flexibility index (Phi) is 2.88. The summed E-state index contributed by atoms with van der Waals surface area (Å²) in [6, 6.07) is 4.57. The van der Waals surface area contributed by atoms with Crippen LogP contribution in [0.25, 0.3) is 0 Å². The lowest BCUT2D eigenvalue weighted by atomic mass is 9.93. The minimum atomic E-state index is -4.29. The molecule has 0 heterocycles. The molecule has 0 aromatic heterocycles. The number of alkyl halides is 3. The van der Waals surface area contributed by atoms with Gasteiger partial charge in [0.05, 0.1) is 5.56 Å². The van der Waals surface area contributed by atoms with Gasteiger partial charge in [0.15, 0.2) is 0 Å². The fourth-order valence-corrected chi connectivity index (χ4v) is 1.49. The molecule has 14 heavy (non-hydrogen) atoms. The summed E-state index contributed by atoms with van der Waals surface area (Å²) >= 11 is 0. The van der Waals surface area contributed by atoms with Crippen molar-refractivity contribution in [2.75, 3.05) is 0 Å². The van der Waals surface area contributed by atoms with E-state index in [-0.39, 0.29) is 17.0 Å². The fourth-order valence-electron chi connectivity index (χ4n) is 1.49. The molecule has 0 aliphatic heterocycles. The smallest absolute Gasteiger partial charge is 0.166 e. The number of rotatable bonds is 1. The SMILES string of the molecule is [CH2]C(C)c1cccc(C)c1C(F)(F)F. The van der Waals surface area contributed by atoms with Crippen LogP contribution in [-0.4, -0.2) is 0 Å². The van der Waals surface area contributed by atoms with E-state index in [0.29, 0.717) is 0 Å². The van der Waals surface area contributed by atoms with Gasteiger partial charge in [0.25, 0.3) is 0 Å². The predicted octanol–water partition coefficient (Wildman–Crippen LogP) is 3.95. The topological polar surface area (TPSA) is 0 Å². The molecular weight excluding hydrogens is 189 g/mol. The molecule has 1 atom stereocenters. The van der Waals surface area contributed by atoms with Crippen LogP contribution in [0, 0.1) is 13.8 Å². The van der Waals surface area contributed by atoms with E-state index in [2.05, 4.69) is 6.92 Å². The van der Waals surface area contributed by atoms with Crippen molar-refractivity contribution in [2.24, 2.45) is 0 Å². The van der Waals surface area contributed by atoms with Crippen molar-refractivity contribution < 1.29 is 13.2 Å². The van der Waals surface area contributed by atoms with E-state index in [1.165, 1.54) is 19.1 Å². The second-order valence-electron chi connectivity index (χ2n) is 3.44. The second kappa shape index (κ2) is 3.64. The van der Waals surface area contributed by atoms with E-state index in [9.17, 15) is 13.2 Å². The van der Waals surface area contributed by atoms with Gasteiger partial charge in [0.2, 0.25) is 0 Å². The van der Waals surface area contributed by atoms with Crippen LogP contribution < -0.4 is 0 Å². The first-order chi connectivity index (χ1) is 6.34. The summed E-state index contributed by atoms with van der Waals surface area (Å²) in [6.45, 7) is 6.75. The van der Waals surface area contributed by atoms with E-state index in [1.807, 2.05) is 0 Å². The molecule has 3 heteroatoms. The first-order valence-electron chi connectivity index (χ1n) is 4.34. The zero-order valence-electron chi connectivity index (χ0n) is 8.15. The third-order valence-electron chi connectivity index (χ3n) is 2.12. The monoisotopic (exact) mass is 201 g/mol. The largest absolute Gasteiger partial charge is 0.416 e.